The molecule has 0 aliphatic heterocycles. The fraction of sp³-hybridized carbons (Fsp3) is 0. The molecule has 0 saturated heterocycles. The van der Waals surface area contributed by atoms with Gasteiger partial charge in [-0.15, -0.1) is 12.6 Å². The smallest absolute Gasteiger partial charge is 0.267 e. The summed E-state index contributed by atoms with van der Waals surface area (Å²) >= 11 is 4.08. The lowest BCUT2D eigenvalue weighted by atomic mass is 10.2. The first kappa shape index (κ1) is 8.80. The zero-order valence-electron chi connectivity index (χ0n) is 6.32. The van der Waals surface area contributed by atoms with Crippen LogP contribution in [0.3, 0.4) is 0 Å². The quantitative estimate of drug-likeness (QED) is 0.402. The van der Waals surface area contributed by atoms with Crippen molar-refractivity contribution in [3.63, 3.8) is 0 Å². The molecule has 0 atom stereocenters. The molecule has 0 aliphatic rings. The summed E-state index contributed by atoms with van der Waals surface area (Å²) in [5, 5.41) is 3.27. The van der Waals surface area contributed by atoms with Gasteiger partial charge in [0, 0.05) is 17.2 Å². The Bertz CT molecular complexity index is 294. The van der Waals surface area contributed by atoms with E-state index >= 15 is 0 Å². The minimum Gasteiger partial charge on any atom is -0.267 e. The molecule has 1 aromatic rings. The molecule has 0 spiro atoms. The Balaban J connectivity index is 2.82. The van der Waals surface area contributed by atoms with Gasteiger partial charge in [0.05, 0.1) is 0 Å². The molecule has 1 rings (SSSR count). The minimum absolute atomic E-state index is 0.265. The van der Waals surface area contributed by atoms with Crippen LogP contribution >= 0.6 is 12.6 Å². The summed E-state index contributed by atoms with van der Waals surface area (Å²) < 4.78 is 0. The SMILES string of the molecule is C=NNC(=O)c1ccc(S)cc1. The van der Waals surface area contributed by atoms with Crippen molar-refractivity contribution in [2.45, 2.75) is 4.90 Å². The number of nitrogens with zero attached hydrogens (tertiary/aromatic N) is 1. The molecule has 3 nitrogen and oxygen atoms in total. The average Bonchev–Trinajstić information content (AvgIpc) is 2.06. The number of benzene rings is 1. The van der Waals surface area contributed by atoms with E-state index in [1.54, 1.807) is 24.3 Å². The standard InChI is InChI=1S/C8H8N2OS/c1-9-10-8(11)6-2-4-7(12)5-3-6/h2-5,12H,1H2,(H,10,11). The molecule has 1 amide bonds. The minimum atomic E-state index is -0.265. The van der Waals surface area contributed by atoms with Gasteiger partial charge in [-0.05, 0) is 24.3 Å². The van der Waals surface area contributed by atoms with Crippen molar-refractivity contribution in [3.8, 4) is 0 Å². The number of carbonyl (C=O) groups is 1. The lowest BCUT2D eigenvalue weighted by Gasteiger charge is -1.98. The Kier molecular flexibility index (Phi) is 2.88. The van der Waals surface area contributed by atoms with Crippen LogP contribution in [0.2, 0.25) is 0 Å². The van der Waals surface area contributed by atoms with E-state index in [0.29, 0.717) is 5.56 Å². The third-order valence-corrected chi connectivity index (χ3v) is 1.61. The second-order valence-corrected chi connectivity index (χ2v) is 2.66. The molecule has 0 aromatic heterocycles. The van der Waals surface area contributed by atoms with Crippen molar-refractivity contribution in [1.29, 1.82) is 0 Å². The largest absolute Gasteiger partial charge is 0.271 e. The molecule has 0 fully saturated rings. The van der Waals surface area contributed by atoms with E-state index in [9.17, 15) is 4.79 Å². The fourth-order valence-electron chi connectivity index (χ4n) is 0.749. The molecule has 0 radical (unpaired) electrons. The van der Waals surface area contributed by atoms with Crippen LogP contribution in [-0.4, -0.2) is 12.6 Å². The summed E-state index contributed by atoms with van der Waals surface area (Å²) in [7, 11) is 0. The molecule has 62 valence electrons. The van der Waals surface area contributed by atoms with Crippen molar-refractivity contribution in [1.82, 2.24) is 5.43 Å². The van der Waals surface area contributed by atoms with Gasteiger partial charge in [-0.3, -0.25) is 4.79 Å². The van der Waals surface area contributed by atoms with Gasteiger partial charge < -0.3 is 0 Å². The van der Waals surface area contributed by atoms with Gasteiger partial charge in [0.15, 0.2) is 0 Å². The maximum Gasteiger partial charge on any atom is 0.271 e. The van der Waals surface area contributed by atoms with Crippen molar-refractivity contribution in [2.75, 3.05) is 0 Å². The van der Waals surface area contributed by atoms with E-state index in [2.05, 4.69) is 29.9 Å². The van der Waals surface area contributed by atoms with Crippen LogP contribution in [0.1, 0.15) is 10.4 Å². The van der Waals surface area contributed by atoms with Crippen molar-refractivity contribution >= 4 is 25.3 Å². The van der Waals surface area contributed by atoms with Gasteiger partial charge in [-0.1, -0.05) is 0 Å². The van der Waals surface area contributed by atoms with Crippen LogP contribution < -0.4 is 5.43 Å². The van der Waals surface area contributed by atoms with E-state index in [4.69, 9.17) is 0 Å². The summed E-state index contributed by atoms with van der Waals surface area (Å²) in [6.45, 7) is 3.15. The van der Waals surface area contributed by atoms with Crippen LogP contribution in [0.25, 0.3) is 0 Å². The normalized spacial score (nSPS) is 9.08. The predicted molar refractivity (Wildman–Crippen MR) is 50.7 cm³/mol. The third kappa shape index (κ3) is 2.10. The number of nitrogens with one attached hydrogen (secondary N) is 1. The molecular weight excluding hydrogens is 172 g/mol. The van der Waals surface area contributed by atoms with Crippen molar-refractivity contribution < 1.29 is 4.79 Å². The van der Waals surface area contributed by atoms with E-state index < -0.39 is 0 Å². The second-order valence-electron chi connectivity index (χ2n) is 2.15. The highest BCUT2D eigenvalue weighted by atomic mass is 32.1. The Hall–Kier alpha value is -1.29. The van der Waals surface area contributed by atoms with Crippen molar-refractivity contribution in [2.24, 2.45) is 5.10 Å². The fourth-order valence-corrected chi connectivity index (χ4v) is 0.898. The highest BCUT2D eigenvalue weighted by Crippen LogP contribution is 2.07. The Morgan fingerprint density at radius 1 is 1.42 bits per heavy atom. The first-order valence-corrected chi connectivity index (χ1v) is 3.74. The van der Waals surface area contributed by atoms with Gasteiger partial charge in [-0.2, -0.15) is 5.10 Å². The summed E-state index contributed by atoms with van der Waals surface area (Å²) in [5.74, 6) is -0.265. The number of hydrogen-bond donors (Lipinski definition) is 2. The lowest BCUT2D eigenvalue weighted by Crippen LogP contribution is -2.16. The number of hydrazone groups is 1. The number of amides is 1. The van der Waals surface area contributed by atoms with E-state index in [1.807, 2.05) is 0 Å². The van der Waals surface area contributed by atoms with E-state index in [-0.39, 0.29) is 5.91 Å². The molecule has 4 heteroatoms. The van der Waals surface area contributed by atoms with Gasteiger partial charge >= 0.3 is 0 Å². The van der Waals surface area contributed by atoms with E-state index in [0.717, 1.165) is 4.90 Å². The summed E-state index contributed by atoms with van der Waals surface area (Å²) in [6, 6.07) is 6.81. The Morgan fingerprint density at radius 3 is 2.50 bits per heavy atom. The van der Waals surface area contributed by atoms with E-state index in [1.165, 1.54) is 0 Å². The number of hydrogen-bond acceptors (Lipinski definition) is 3. The average molecular weight is 180 g/mol. The first-order valence-electron chi connectivity index (χ1n) is 3.29. The number of carbonyl (C=O) groups excluding carboxylic acids is 1. The third-order valence-electron chi connectivity index (χ3n) is 1.31. The molecule has 1 N–H and O–H groups in total. The van der Waals surface area contributed by atoms with Crippen LogP contribution in [0, 0.1) is 0 Å². The molecule has 12 heavy (non-hydrogen) atoms. The second kappa shape index (κ2) is 3.92. The van der Waals surface area contributed by atoms with Gasteiger partial charge in [-0.25, -0.2) is 5.43 Å². The lowest BCUT2D eigenvalue weighted by molar-refractivity contribution is 0.0955. The monoisotopic (exact) mass is 180 g/mol. The molecule has 0 bridgehead atoms. The molecule has 0 aliphatic carbocycles. The van der Waals surface area contributed by atoms with Crippen LogP contribution in [0.5, 0.6) is 0 Å². The zero-order valence-corrected chi connectivity index (χ0v) is 7.21. The highest BCUT2D eigenvalue weighted by molar-refractivity contribution is 7.80. The maximum absolute atomic E-state index is 11.1. The topological polar surface area (TPSA) is 41.5 Å². The summed E-state index contributed by atoms with van der Waals surface area (Å²) in [5.41, 5.74) is 2.77. The van der Waals surface area contributed by atoms with Gasteiger partial charge in [0.1, 0.15) is 0 Å². The number of thiol groups is 1. The van der Waals surface area contributed by atoms with Gasteiger partial charge in [0.2, 0.25) is 0 Å². The molecule has 0 heterocycles. The summed E-state index contributed by atoms with van der Waals surface area (Å²) in [4.78, 5) is 11.9. The molecular formula is C8H8N2OS. The molecule has 1 aromatic carbocycles. The van der Waals surface area contributed by atoms with Gasteiger partial charge in [0.25, 0.3) is 5.91 Å². The highest BCUT2D eigenvalue weighted by Gasteiger charge is 2.01. The molecule has 0 saturated carbocycles. The maximum atomic E-state index is 11.1. The molecule has 0 unspecified atom stereocenters. The Morgan fingerprint density at radius 2 is 2.00 bits per heavy atom. The zero-order chi connectivity index (χ0) is 8.97. The van der Waals surface area contributed by atoms with Crippen LogP contribution in [0.15, 0.2) is 34.3 Å². The van der Waals surface area contributed by atoms with Crippen molar-refractivity contribution in [3.05, 3.63) is 29.8 Å². The van der Waals surface area contributed by atoms with Crippen LogP contribution in [0.4, 0.5) is 0 Å². The predicted octanol–water partition coefficient (Wildman–Crippen LogP) is 1.32. The Labute approximate surface area is 75.9 Å². The van der Waals surface area contributed by atoms with Crippen LogP contribution in [-0.2, 0) is 0 Å². The summed E-state index contributed by atoms with van der Waals surface area (Å²) in [6.07, 6.45) is 0. The number of rotatable bonds is 2. The first-order chi connectivity index (χ1) is 5.74.